The van der Waals surface area contributed by atoms with Crippen molar-refractivity contribution in [3.05, 3.63) is 30.1 Å². The van der Waals surface area contributed by atoms with Crippen molar-refractivity contribution in [2.24, 2.45) is 11.1 Å². The lowest BCUT2D eigenvalue weighted by Crippen LogP contribution is -2.39. The zero-order valence-corrected chi connectivity index (χ0v) is 9.49. The molecule has 0 aromatic carbocycles. The largest absolute Gasteiger partial charge is 0.327 e. The van der Waals surface area contributed by atoms with Gasteiger partial charge in [-0.2, -0.15) is 0 Å². The summed E-state index contributed by atoms with van der Waals surface area (Å²) in [5, 5.41) is 0. The fourth-order valence-corrected chi connectivity index (χ4v) is 1.58. The van der Waals surface area contributed by atoms with Gasteiger partial charge in [0.2, 0.25) is 0 Å². The fraction of sp³-hybridized carbons (Fsp3) is 0.583. The Morgan fingerprint density at radius 3 is 2.36 bits per heavy atom. The van der Waals surface area contributed by atoms with E-state index in [9.17, 15) is 0 Å². The maximum Gasteiger partial charge on any atom is 0.0447 e. The van der Waals surface area contributed by atoms with Crippen molar-refractivity contribution in [1.29, 1.82) is 0 Å². The molecular formula is C12H20N2. The highest BCUT2D eigenvalue weighted by molar-refractivity contribution is 5.12. The molecule has 0 fully saturated rings. The number of hydrogen-bond acceptors (Lipinski definition) is 2. The second-order valence-electron chi connectivity index (χ2n) is 4.94. The molecule has 0 spiro atoms. The zero-order chi connectivity index (χ0) is 10.8. The number of hydrogen-bond donors (Lipinski definition) is 1. The lowest BCUT2D eigenvalue weighted by Gasteiger charge is -2.31. The summed E-state index contributed by atoms with van der Waals surface area (Å²) >= 11 is 0. The van der Waals surface area contributed by atoms with E-state index in [1.165, 1.54) is 0 Å². The van der Waals surface area contributed by atoms with E-state index in [4.69, 9.17) is 5.73 Å². The molecule has 1 aromatic heterocycles. The quantitative estimate of drug-likeness (QED) is 0.782. The first-order chi connectivity index (χ1) is 6.43. The van der Waals surface area contributed by atoms with Crippen LogP contribution in [-0.2, 0) is 0 Å². The predicted molar refractivity (Wildman–Crippen MR) is 60.1 cm³/mol. The molecule has 1 rings (SSSR count). The van der Waals surface area contributed by atoms with Crippen LogP contribution in [0.1, 0.15) is 39.3 Å². The minimum absolute atomic E-state index is 0.122. The lowest BCUT2D eigenvalue weighted by atomic mass is 9.79. The van der Waals surface area contributed by atoms with Crippen LogP contribution in [0.2, 0.25) is 0 Å². The number of rotatable bonds is 2. The summed E-state index contributed by atoms with van der Waals surface area (Å²) in [4.78, 5) is 4.33. The normalized spacial score (nSPS) is 16.4. The SMILES string of the molecule is CC(c1ccccn1)C(N)C(C)(C)C. The summed E-state index contributed by atoms with van der Waals surface area (Å²) in [6.07, 6.45) is 1.82. The third-order valence-corrected chi connectivity index (χ3v) is 2.69. The summed E-state index contributed by atoms with van der Waals surface area (Å²) in [7, 11) is 0. The second-order valence-corrected chi connectivity index (χ2v) is 4.94. The first-order valence-electron chi connectivity index (χ1n) is 5.09. The Morgan fingerprint density at radius 1 is 1.29 bits per heavy atom. The molecule has 0 amide bonds. The molecule has 0 aliphatic rings. The van der Waals surface area contributed by atoms with E-state index in [0.717, 1.165) is 5.69 Å². The Hall–Kier alpha value is -0.890. The van der Waals surface area contributed by atoms with Crippen LogP contribution in [0.3, 0.4) is 0 Å². The van der Waals surface area contributed by atoms with Crippen molar-refractivity contribution in [3.8, 4) is 0 Å². The Morgan fingerprint density at radius 2 is 1.93 bits per heavy atom. The van der Waals surface area contributed by atoms with Crippen LogP contribution in [0, 0.1) is 5.41 Å². The van der Waals surface area contributed by atoms with E-state index in [2.05, 4.69) is 32.7 Å². The lowest BCUT2D eigenvalue weighted by molar-refractivity contribution is 0.286. The van der Waals surface area contributed by atoms with E-state index < -0.39 is 0 Å². The van der Waals surface area contributed by atoms with Gasteiger partial charge < -0.3 is 5.73 Å². The van der Waals surface area contributed by atoms with Crippen molar-refractivity contribution >= 4 is 0 Å². The van der Waals surface area contributed by atoms with E-state index in [0.29, 0.717) is 5.92 Å². The van der Waals surface area contributed by atoms with Gasteiger partial charge in [0, 0.05) is 23.9 Å². The van der Waals surface area contributed by atoms with Crippen molar-refractivity contribution < 1.29 is 0 Å². The third kappa shape index (κ3) is 2.55. The van der Waals surface area contributed by atoms with Crippen molar-refractivity contribution in [2.45, 2.75) is 39.7 Å². The van der Waals surface area contributed by atoms with E-state index in [1.54, 1.807) is 0 Å². The topological polar surface area (TPSA) is 38.9 Å². The maximum absolute atomic E-state index is 6.19. The molecule has 2 unspecified atom stereocenters. The minimum Gasteiger partial charge on any atom is -0.327 e. The first kappa shape index (κ1) is 11.2. The summed E-state index contributed by atoms with van der Waals surface area (Å²) < 4.78 is 0. The van der Waals surface area contributed by atoms with Crippen LogP contribution in [0.4, 0.5) is 0 Å². The van der Waals surface area contributed by atoms with Gasteiger partial charge in [0.05, 0.1) is 0 Å². The summed E-state index contributed by atoms with van der Waals surface area (Å²) in [6.45, 7) is 8.63. The van der Waals surface area contributed by atoms with Crippen LogP contribution < -0.4 is 5.73 Å². The standard InChI is InChI=1S/C12H20N2/c1-9(11(13)12(2,3)4)10-7-5-6-8-14-10/h5-9,11H,13H2,1-4H3. The van der Waals surface area contributed by atoms with E-state index in [-0.39, 0.29) is 11.5 Å². The van der Waals surface area contributed by atoms with Crippen LogP contribution in [0.15, 0.2) is 24.4 Å². The molecule has 0 aliphatic carbocycles. The molecule has 1 aromatic rings. The van der Waals surface area contributed by atoms with Gasteiger partial charge in [-0.05, 0) is 17.5 Å². The molecule has 1 heterocycles. The second kappa shape index (κ2) is 4.09. The summed E-state index contributed by atoms with van der Waals surface area (Å²) in [6, 6.07) is 6.11. The van der Waals surface area contributed by atoms with Gasteiger partial charge in [-0.15, -0.1) is 0 Å². The zero-order valence-electron chi connectivity index (χ0n) is 9.49. The average molecular weight is 192 g/mol. The van der Waals surface area contributed by atoms with Crippen LogP contribution in [0.25, 0.3) is 0 Å². The Balaban J connectivity index is 2.81. The minimum atomic E-state index is 0.122. The number of pyridine rings is 1. The van der Waals surface area contributed by atoms with Crippen LogP contribution in [-0.4, -0.2) is 11.0 Å². The summed E-state index contributed by atoms with van der Waals surface area (Å²) in [5.74, 6) is 0.302. The monoisotopic (exact) mass is 192 g/mol. The fourth-order valence-electron chi connectivity index (χ4n) is 1.58. The van der Waals surface area contributed by atoms with Gasteiger partial charge in [0.15, 0.2) is 0 Å². The van der Waals surface area contributed by atoms with Crippen molar-refractivity contribution in [3.63, 3.8) is 0 Å². The molecule has 2 atom stereocenters. The van der Waals surface area contributed by atoms with E-state index >= 15 is 0 Å². The number of nitrogens with zero attached hydrogens (tertiary/aromatic N) is 1. The van der Waals surface area contributed by atoms with Crippen LogP contribution in [0.5, 0.6) is 0 Å². The first-order valence-corrected chi connectivity index (χ1v) is 5.09. The highest BCUT2D eigenvalue weighted by Crippen LogP contribution is 2.28. The molecule has 0 saturated heterocycles. The molecule has 2 N–H and O–H groups in total. The third-order valence-electron chi connectivity index (χ3n) is 2.69. The van der Waals surface area contributed by atoms with Gasteiger partial charge in [0.25, 0.3) is 0 Å². The Bertz CT molecular complexity index is 274. The molecule has 0 radical (unpaired) electrons. The number of nitrogens with two attached hydrogens (primary N) is 1. The molecule has 78 valence electrons. The molecule has 14 heavy (non-hydrogen) atoms. The molecule has 2 nitrogen and oxygen atoms in total. The van der Waals surface area contributed by atoms with E-state index in [1.807, 2.05) is 24.4 Å². The van der Waals surface area contributed by atoms with Crippen molar-refractivity contribution in [2.75, 3.05) is 0 Å². The van der Waals surface area contributed by atoms with Gasteiger partial charge >= 0.3 is 0 Å². The molecular weight excluding hydrogens is 172 g/mol. The Labute approximate surface area is 86.5 Å². The average Bonchev–Trinajstić information content (AvgIpc) is 2.15. The highest BCUT2D eigenvalue weighted by atomic mass is 14.7. The highest BCUT2D eigenvalue weighted by Gasteiger charge is 2.27. The smallest absolute Gasteiger partial charge is 0.0447 e. The summed E-state index contributed by atoms with van der Waals surface area (Å²) in [5.41, 5.74) is 7.39. The molecule has 0 aliphatic heterocycles. The van der Waals surface area contributed by atoms with Gasteiger partial charge in [0.1, 0.15) is 0 Å². The van der Waals surface area contributed by atoms with Gasteiger partial charge in [-0.3, -0.25) is 4.98 Å². The van der Waals surface area contributed by atoms with Crippen molar-refractivity contribution in [1.82, 2.24) is 4.98 Å². The maximum atomic E-state index is 6.19. The van der Waals surface area contributed by atoms with Gasteiger partial charge in [-0.1, -0.05) is 33.8 Å². The van der Waals surface area contributed by atoms with Crippen LogP contribution >= 0.6 is 0 Å². The molecule has 2 heteroatoms. The molecule has 0 bridgehead atoms. The molecule has 0 saturated carbocycles. The predicted octanol–water partition coefficient (Wildman–Crippen LogP) is 2.56. The Kier molecular flexibility index (Phi) is 3.27. The van der Waals surface area contributed by atoms with Gasteiger partial charge in [-0.25, -0.2) is 0 Å². The number of aromatic nitrogens is 1.